The second-order valence-electron chi connectivity index (χ2n) is 12.0. The predicted octanol–water partition coefficient (Wildman–Crippen LogP) is 2.25. The SMILES string of the molecule is CC(=O)NC1C[C@H](NC(C)(C)C)CC[C@@H]1N1CCC(Nc2ncnc3cc(C(C)(C)C)nn23)C1=O. The molecule has 35 heavy (non-hydrogen) atoms. The maximum absolute atomic E-state index is 13.5. The van der Waals surface area contributed by atoms with Gasteiger partial charge in [-0.05, 0) is 46.5 Å². The molecule has 0 bridgehead atoms. The standard InChI is InChI=1S/C25H40N8O2/c1-15(34)28-18-12-16(30-25(5,6)7)8-9-19(18)32-11-10-17(22(32)35)29-23-27-14-26-21-13-20(24(2,3)4)31-33(21)23/h13-14,16-19,30H,8-12H2,1-7H3,(H,28,34)(H,26,27,29)/t16-,17?,18?,19+/m1/s1. The van der Waals surface area contributed by atoms with Crippen molar-refractivity contribution >= 4 is 23.4 Å². The molecular weight excluding hydrogens is 444 g/mol. The molecule has 2 aromatic heterocycles. The van der Waals surface area contributed by atoms with Gasteiger partial charge in [0.1, 0.15) is 12.4 Å². The van der Waals surface area contributed by atoms with Gasteiger partial charge in [-0.2, -0.15) is 9.61 Å². The van der Waals surface area contributed by atoms with Crippen molar-refractivity contribution in [2.75, 3.05) is 11.9 Å². The topological polar surface area (TPSA) is 117 Å². The molecule has 10 heteroatoms. The second kappa shape index (κ2) is 9.37. The van der Waals surface area contributed by atoms with E-state index < -0.39 is 6.04 Å². The molecule has 1 aliphatic carbocycles. The summed E-state index contributed by atoms with van der Waals surface area (Å²) in [7, 11) is 0. The fourth-order valence-corrected chi connectivity index (χ4v) is 5.29. The van der Waals surface area contributed by atoms with Crippen LogP contribution in [-0.4, -0.2) is 72.5 Å². The van der Waals surface area contributed by atoms with Gasteiger partial charge in [0.25, 0.3) is 0 Å². The zero-order valence-electron chi connectivity index (χ0n) is 22.1. The molecule has 10 nitrogen and oxygen atoms in total. The lowest BCUT2D eigenvalue weighted by atomic mass is 9.84. The van der Waals surface area contributed by atoms with Crippen LogP contribution in [0.3, 0.4) is 0 Å². The summed E-state index contributed by atoms with van der Waals surface area (Å²) in [4.78, 5) is 36.2. The lowest BCUT2D eigenvalue weighted by molar-refractivity contribution is -0.132. The minimum atomic E-state index is -0.390. The number of likely N-dealkylation sites (tertiary alicyclic amines) is 1. The number of carbonyl (C=O) groups is 2. The summed E-state index contributed by atoms with van der Waals surface area (Å²) in [5.74, 6) is 0.499. The molecule has 192 valence electrons. The molecule has 2 fully saturated rings. The minimum Gasteiger partial charge on any atom is -0.351 e. The summed E-state index contributed by atoms with van der Waals surface area (Å²) < 4.78 is 1.68. The Morgan fingerprint density at radius 3 is 2.49 bits per heavy atom. The van der Waals surface area contributed by atoms with E-state index >= 15 is 0 Å². The lowest BCUT2D eigenvalue weighted by Gasteiger charge is -2.43. The molecule has 2 aromatic rings. The van der Waals surface area contributed by atoms with Crippen LogP contribution in [0.2, 0.25) is 0 Å². The Hall–Kier alpha value is -2.75. The van der Waals surface area contributed by atoms with Gasteiger partial charge in [-0.3, -0.25) is 9.59 Å². The fourth-order valence-electron chi connectivity index (χ4n) is 5.29. The highest BCUT2D eigenvalue weighted by Gasteiger charge is 2.42. The van der Waals surface area contributed by atoms with Crippen molar-refractivity contribution < 1.29 is 9.59 Å². The lowest BCUT2D eigenvalue weighted by Crippen LogP contribution is -2.59. The normalized spacial score (nSPS) is 25.8. The van der Waals surface area contributed by atoms with Crippen molar-refractivity contribution in [3.8, 4) is 0 Å². The van der Waals surface area contributed by atoms with Crippen LogP contribution in [0.1, 0.15) is 79.8 Å². The number of carbonyl (C=O) groups excluding carboxylic acids is 2. The predicted molar refractivity (Wildman–Crippen MR) is 135 cm³/mol. The van der Waals surface area contributed by atoms with Crippen LogP contribution in [0.4, 0.5) is 5.95 Å². The van der Waals surface area contributed by atoms with Crippen molar-refractivity contribution in [3.63, 3.8) is 0 Å². The molecule has 1 aliphatic heterocycles. The zero-order chi connectivity index (χ0) is 25.5. The first-order valence-corrected chi connectivity index (χ1v) is 12.6. The van der Waals surface area contributed by atoms with Gasteiger partial charge in [0.15, 0.2) is 5.65 Å². The number of nitrogens with zero attached hydrogens (tertiary/aromatic N) is 5. The van der Waals surface area contributed by atoms with Gasteiger partial charge in [0, 0.05) is 36.5 Å². The fraction of sp³-hybridized carbons (Fsp3) is 0.720. The van der Waals surface area contributed by atoms with Gasteiger partial charge in [0.2, 0.25) is 17.8 Å². The number of nitrogens with one attached hydrogen (secondary N) is 3. The van der Waals surface area contributed by atoms with E-state index in [1.54, 1.807) is 11.4 Å². The van der Waals surface area contributed by atoms with Gasteiger partial charge in [-0.15, -0.1) is 0 Å². The number of fused-ring (bicyclic) bond motifs is 1. The van der Waals surface area contributed by atoms with E-state index in [0.29, 0.717) is 30.6 Å². The Labute approximate surface area is 207 Å². The van der Waals surface area contributed by atoms with Crippen LogP contribution < -0.4 is 16.0 Å². The van der Waals surface area contributed by atoms with E-state index in [4.69, 9.17) is 5.10 Å². The summed E-state index contributed by atoms with van der Waals surface area (Å²) >= 11 is 0. The number of anilines is 1. The van der Waals surface area contributed by atoms with E-state index in [2.05, 4.69) is 67.5 Å². The summed E-state index contributed by atoms with van der Waals surface area (Å²) in [6.45, 7) is 15.0. The Morgan fingerprint density at radius 2 is 1.83 bits per heavy atom. The third-order valence-corrected chi connectivity index (χ3v) is 6.81. The first-order chi connectivity index (χ1) is 16.3. The molecule has 2 unspecified atom stereocenters. The largest absolute Gasteiger partial charge is 0.351 e. The first kappa shape index (κ1) is 25.3. The Morgan fingerprint density at radius 1 is 1.09 bits per heavy atom. The number of hydrogen-bond acceptors (Lipinski definition) is 7. The number of rotatable bonds is 5. The average molecular weight is 485 g/mol. The molecule has 2 amide bonds. The number of aromatic nitrogens is 4. The van der Waals surface area contributed by atoms with Gasteiger partial charge in [-0.1, -0.05) is 20.8 Å². The minimum absolute atomic E-state index is 0.00100. The monoisotopic (exact) mass is 484 g/mol. The number of hydrogen-bond donors (Lipinski definition) is 3. The summed E-state index contributed by atoms with van der Waals surface area (Å²) in [5.41, 5.74) is 1.49. The van der Waals surface area contributed by atoms with Gasteiger partial charge >= 0.3 is 0 Å². The van der Waals surface area contributed by atoms with E-state index in [9.17, 15) is 9.59 Å². The number of amides is 2. The van der Waals surface area contributed by atoms with Crippen LogP contribution in [0.25, 0.3) is 5.65 Å². The summed E-state index contributed by atoms with van der Waals surface area (Å²) in [6, 6.07) is 1.78. The zero-order valence-corrected chi connectivity index (χ0v) is 22.1. The quantitative estimate of drug-likeness (QED) is 0.596. The summed E-state index contributed by atoms with van der Waals surface area (Å²) in [6.07, 6.45) is 4.79. The molecule has 2 aliphatic rings. The highest BCUT2D eigenvalue weighted by molar-refractivity contribution is 5.87. The first-order valence-electron chi connectivity index (χ1n) is 12.6. The molecule has 4 rings (SSSR count). The molecule has 1 saturated carbocycles. The van der Waals surface area contributed by atoms with Gasteiger partial charge in [0.05, 0.1) is 17.8 Å². The maximum atomic E-state index is 13.5. The molecule has 3 heterocycles. The van der Waals surface area contributed by atoms with E-state index in [-0.39, 0.29) is 34.9 Å². The third kappa shape index (κ3) is 5.74. The Balaban J connectivity index is 1.49. The maximum Gasteiger partial charge on any atom is 0.245 e. The highest BCUT2D eigenvalue weighted by atomic mass is 16.2. The highest BCUT2D eigenvalue weighted by Crippen LogP contribution is 2.30. The molecule has 1 saturated heterocycles. The van der Waals surface area contributed by atoms with Crippen LogP contribution in [0.15, 0.2) is 12.4 Å². The van der Waals surface area contributed by atoms with Crippen molar-refractivity contribution in [3.05, 3.63) is 18.1 Å². The van der Waals surface area contributed by atoms with Gasteiger partial charge < -0.3 is 20.9 Å². The van der Waals surface area contributed by atoms with Crippen molar-refractivity contribution in [2.24, 2.45) is 0 Å². The molecule has 0 spiro atoms. The molecule has 0 radical (unpaired) electrons. The van der Waals surface area contributed by atoms with Gasteiger partial charge in [-0.25, -0.2) is 9.97 Å². The van der Waals surface area contributed by atoms with Crippen molar-refractivity contribution in [1.29, 1.82) is 0 Å². The second-order valence-corrected chi connectivity index (χ2v) is 12.0. The molecule has 0 aromatic carbocycles. The molecular formula is C25H40N8O2. The Kier molecular flexibility index (Phi) is 6.78. The van der Waals surface area contributed by atoms with Crippen LogP contribution in [0, 0.1) is 0 Å². The van der Waals surface area contributed by atoms with Crippen molar-refractivity contribution in [1.82, 2.24) is 35.1 Å². The van der Waals surface area contributed by atoms with Crippen LogP contribution >= 0.6 is 0 Å². The van der Waals surface area contributed by atoms with E-state index in [1.165, 1.54) is 6.33 Å². The van der Waals surface area contributed by atoms with Crippen LogP contribution in [-0.2, 0) is 15.0 Å². The average Bonchev–Trinajstić information content (AvgIpc) is 3.32. The van der Waals surface area contributed by atoms with E-state index in [0.717, 1.165) is 25.0 Å². The van der Waals surface area contributed by atoms with Crippen LogP contribution in [0.5, 0.6) is 0 Å². The summed E-state index contributed by atoms with van der Waals surface area (Å²) in [5, 5.41) is 14.8. The Bertz CT molecular complexity index is 1080. The smallest absolute Gasteiger partial charge is 0.245 e. The van der Waals surface area contributed by atoms with E-state index in [1.807, 2.05) is 11.0 Å². The van der Waals surface area contributed by atoms with Crippen molar-refractivity contribution in [2.45, 2.75) is 109 Å². The molecule has 4 atom stereocenters. The molecule has 3 N–H and O–H groups in total. The third-order valence-electron chi connectivity index (χ3n) is 6.81.